The maximum Gasteiger partial charge on any atom is 0.346 e. The number of carbonyl (C=O) groups excluding carboxylic acids is 2. The molecule has 6 rings (SSSR count). The van der Waals surface area contributed by atoms with Crippen LogP contribution in [-0.2, 0) is 13.1 Å². The van der Waals surface area contributed by atoms with Crippen molar-refractivity contribution in [2.45, 2.75) is 32.0 Å². The number of nitrogens with two attached hydrogens (primary N) is 1. The second kappa shape index (κ2) is 11.5. The smallest absolute Gasteiger partial charge is 0.346 e. The molecule has 3 aromatic heterocycles. The molecule has 5 aromatic rings. The molecule has 1 aliphatic carbocycles. The Morgan fingerprint density at radius 1 is 1.16 bits per heavy atom. The number of hydrogen-bond donors (Lipinski definition) is 2. The van der Waals surface area contributed by atoms with Crippen molar-refractivity contribution < 1.29 is 18.7 Å². The van der Waals surface area contributed by atoms with Crippen molar-refractivity contribution in [1.82, 2.24) is 44.7 Å². The molecule has 13 nitrogen and oxygen atoms in total. The van der Waals surface area contributed by atoms with E-state index < -0.39 is 11.7 Å². The van der Waals surface area contributed by atoms with Crippen LogP contribution in [0.1, 0.15) is 28.8 Å². The van der Waals surface area contributed by atoms with Gasteiger partial charge in [-0.3, -0.25) is 4.79 Å². The third-order valence-corrected chi connectivity index (χ3v) is 7.59. The van der Waals surface area contributed by atoms with Crippen LogP contribution in [0.4, 0.5) is 15.0 Å². The summed E-state index contributed by atoms with van der Waals surface area (Å²) in [5, 5.41) is 12.3. The number of methoxy groups -OCH3 is 1. The number of halogens is 1. The molecule has 0 bridgehead atoms. The third-order valence-electron chi connectivity index (χ3n) is 7.59. The van der Waals surface area contributed by atoms with Crippen LogP contribution in [0.2, 0.25) is 0 Å². The summed E-state index contributed by atoms with van der Waals surface area (Å²) < 4.78 is 21.9. The number of likely N-dealkylation sites (N-methyl/N-ethyl adjacent to an activating group) is 1. The van der Waals surface area contributed by atoms with Gasteiger partial charge in [-0.2, -0.15) is 14.9 Å². The highest BCUT2D eigenvalue weighted by atomic mass is 19.1. The molecule has 3 N–H and O–H groups in total. The minimum atomic E-state index is -0.526. The van der Waals surface area contributed by atoms with Crippen LogP contribution in [0.5, 0.6) is 5.75 Å². The molecule has 0 unspecified atom stereocenters. The Hall–Kier alpha value is -5.40. The number of nitrogen functional groups attached to an aromatic ring is 1. The molecule has 1 atom stereocenters. The molecule has 0 radical (unpaired) electrons. The van der Waals surface area contributed by atoms with Gasteiger partial charge in [0.2, 0.25) is 0 Å². The molecule has 2 amide bonds. The Morgan fingerprint density at radius 2 is 1.95 bits per heavy atom. The Balaban J connectivity index is 1.23. The molecule has 14 heteroatoms. The molecular weight excluding hydrogens is 555 g/mol. The summed E-state index contributed by atoms with van der Waals surface area (Å²) in [6.45, 7) is 0.622. The lowest BCUT2D eigenvalue weighted by molar-refractivity contribution is 0.0947. The molecule has 1 fully saturated rings. The number of aromatic nitrogens is 7. The van der Waals surface area contributed by atoms with E-state index in [1.807, 2.05) is 24.3 Å². The van der Waals surface area contributed by atoms with Gasteiger partial charge in [0, 0.05) is 19.2 Å². The monoisotopic (exact) mass is 584 g/mol. The molecule has 1 saturated carbocycles. The largest absolute Gasteiger partial charge is 0.496 e. The number of benzene rings is 2. The number of rotatable bonds is 9. The van der Waals surface area contributed by atoms with Gasteiger partial charge in [-0.1, -0.05) is 24.3 Å². The average molecular weight is 585 g/mol. The van der Waals surface area contributed by atoms with Gasteiger partial charge in [-0.25, -0.2) is 28.8 Å². The Labute approximate surface area is 245 Å². The number of fused-ring (bicyclic) bond motifs is 1. The predicted octanol–water partition coefficient (Wildman–Crippen LogP) is 3.12. The number of carbonyl (C=O) groups is 2. The normalized spacial score (nSPS) is 13.6. The summed E-state index contributed by atoms with van der Waals surface area (Å²) in [6.07, 6.45) is 6.12. The minimum absolute atomic E-state index is 0.116. The van der Waals surface area contributed by atoms with Crippen LogP contribution in [-0.4, -0.2) is 71.6 Å². The molecular formula is C29H29FN10O3. The van der Waals surface area contributed by atoms with Gasteiger partial charge in [-0.05, 0) is 42.5 Å². The molecule has 43 heavy (non-hydrogen) atoms. The average Bonchev–Trinajstić information content (AvgIpc) is 3.57. The van der Waals surface area contributed by atoms with Crippen molar-refractivity contribution in [1.29, 1.82) is 0 Å². The first-order chi connectivity index (χ1) is 20.8. The highest BCUT2D eigenvalue weighted by Crippen LogP contribution is 2.37. The lowest BCUT2D eigenvalue weighted by atomic mass is 10.1. The van der Waals surface area contributed by atoms with Gasteiger partial charge >= 0.3 is 6.03 Å². The van der Waals surface area contributed by atoms with Gasteiger partial charge in [0.15, 0.2) is 5.65 Å². The standard InChI is InChI=1S/C29H29FN10O3/c1-38(29(42)40-16-32-14-36-40)22(18-7-8-18)13-39-27-24(26(31)34-15-35-27)25(37-39)19-5-3-17(4-6-19)12-33-28(41)21-11-20(30)9-10-23(21)43-2/h3-6,9-11,14-16,18,22H,7-8,12-13H2,1-2H3,(H,33,41)(H2,31,34,35)/t22-/m1/s1. The van der Waals surface area contributed by atoms with Crippen molar-refractivity contribution in [2.24, 2.45) is 5.92 Å². The topological polar surface area (TPSA) is 159 Å². The van der Waals surface area contributed by atoms with E-state index in [4.69, 9.17) is 15.6 Å². The molecule has 2 aromatic carbocycles. The maximum atomic E-state index is 13.7. The molecule has 0 aliphatic heterocycles. The molecule has 220 valence electrons. The van der Waals surface area contributed by atoms with Crippen molar-refractivity contribution in [2.75, 3.05) is 19.9 Å². The van der Waals surface area contributed by atoms with E-state index in [0.717, 1.165) is 30.0 Å². The van der Waals surface area contributed by atoms with Gasteiger partial charge in [0.1, 0.15) is 42.1 Å². The first-order valence-electron chi connectivity index (χ1n) is 13.6. The van der Waals surface area contributed by atoms with Crippen LogP contribution in [0, 0.1) is 11.7 Å². The van der Waals surface area contributed by atoms with E-state index in [-0.39, 0.29) is 29.9 Å². The zero-order valence-corrected chi connectivity index (χ0v) is 23.5. The van der Waals surface area contributed by atoms with Crippen LogP contribution >= 0.6 is 0 Å². The van der Waals surface area contributed by atoms with Crippen molar-refractivity contribution in [3.05, 3.63) is 78.4 Å². The van der Waals surface area contributed by atoms with E-state index in [2.05, 4.69) is 25.4 Å². The Bertz CT molecular complexity index is 1780. The predicted molar refractivity (Wildman–Crippen MR) is 154 cm³/mol. The number of amides is 2. The Kier molecular flexibility index (Phi) is 7.40. The quantitative estimate of drug-likeness (QED) is 0.265. The van der Waals surface area contributed by atoms with E-state index in [1.54, 1.807) is 16.6 Å². The first kappa shape index (κ1) is 27.8. The number of nitrogens with one attached hydrogen (secondary N) is 1. The molecule has 3 heterocycles. The van der Waals surface area contributed by atoms with Crippen LogP contribution in [0.25, 0.3) is 22.3 Å². The highest BCUT2D eigenvalue weighted by Gasteiger charge is 2.37. The second-order valence-corrected chi connectivity index (χ2v) is 10.4. The van der Waals surface area contributed by atoms with Crippen LogP contribution in [0.3, 0.4) is 0 Å². The van der Waals surface area contributed by atoms with E-state index in [9.17, 15) is 14.0 Å². The molecule has 0 spiro atoms. The van der Waals surface area contributed by atoms with Crippen LogP contribution < -0.4 is 15.8 Å². The lowest BCUT2D eigenvalue weighted by Crippen LogP contribution is -2.43. The molecule has 1 aliphatic rings. The maximum absolute atomic E-state index is 13.7. The SMILES string of the molecule is COc1ccc(F)cc1C(=O)NCc1ccc(-c2nn(C[C@H](C3CC3)N(C)C(=O)n3cncn3)c3ncnc(N)c23)cc1. The molecule has 0 saturated heterocycles. The van der Waals surface area contributed by atoms with Crippen molar-refractivity contribution in [3.8, 4) is 17.0 Å². The Morgan fingerprint density at radius 3 is 2.65 bits per heavy atom. The number of anilines is 1. The number of ether oxygens (including phenoxy) is 1. The summed E-state index contributed by atoms with van der Waals surface area (Å²) in [6, 6.07) is 10.8. The number of hydrogen-bond acceptors (Lipinski definition) is 9. The van der Waals surface area contributed by atoms with E-state index >= 15 is 0 Å². The zero-order valence-electron chi connectivity index (χ0n) is 23.5. The third kappa shape index (κ3) is 5.58. The summed E-state index contributed by atoms with van der Waals surface area (Å²) in [4.78, 5) is 40.0. The summed E-state index contributed by atoms with van der Waals surface area (Å²) >= 11 is 0. The number of nitrogens with zero attached hydrogens (tertiary/aromatic N) is 8. The minimum Gasteiger partial charge on any atom is -0.496 e. The zero-order chi connectivity index (χ0) is 30.1. The fourth-order valence-electron chi connectivity index (χ4n) is 5.13. The van der Waals surface area contributed by atoms with Gasteiger partial charge in [-0.15, -0.1) is 0 Å². The van der Waals surface area contributed by atoms with Crippen LogP contribution in [0.15, 0.2) is 61.4 Å². The highest BCUT2D eigenvalue weighted by molar-refractivity contribution is 5.98. The summed E-state index contributed by atoms with van der Waals surface area (Å²) in [5.41, 5.74) is 9.20. The fourth-order valence-corrected chi connectivity index (χ4v) is 5.13. The summed E-state index contributed by atoms with van der Waals surface area (Å²) in [5.74, 6) is -0.0769. The first-order valence-corrected chi connectivity index (χ1v) is 13.6. The lowest BCUT2D eigenvalue weighted by Gasteiger charge is -2.27. The van der Waals surface area contributed by atoms with Crippen molar-refractivity contribution >= 4 is 28.8 Å². The van der Waals surface area contributed by atoms with Gasteiger partial charge in [0.25, 0.3) is 5.91 Å². The summed E-state index contributed by atoms with van der Waals surface area (Å²) in [7, 11) is 3.18. The van der Waals surface area contributed by atoms with E-state index in [1.165, 1.54) is 42.9 Å². The fraction of sp³-hybridized carbons (Fsp3) is 0.276. The van der Waals surface area contributed by atoms with Gasteiger partial charge in [0.05, 0.1) is 30.6 Å². The van der Waals surface area contributed by atoms with Crippen molar-refractivity contribution in [3.63, 3.8) is 0 Å². The second-order valence-electron chi connectivity index (χ2n) is 10.4. The van der Waals surface area contributed by atoms with Gasteiger partial charge < -0.3 is 20.7 Å². The van der Waals surface area contributed by atoms with E-state index in [0.29, 0.717) is 35.0 Å².